The molecule has 0 unspecified atom stereocenters. The summed E-state index contributed by atoms with van der Waals surface area (Å²) in [5.74, 6) is -0.843. The van der Waals surface area contributed by atoms with Crippen molar-refractivity contribution in [2.24, 2.45) is 0 Å². The van der Waals surface area contributed by atoms with Crippen molar-refractivity contribution in [2.75, 3.05) is 11.9 Å². The minimum atomic E-state index is -0.694. The van der Waals surface area contributed by atoms with Gasteiger partial charge >= 0.3 is 6.03 Å². The summed E-state index contributed by atoms with van der Waals surface area (Å²) in [6.07, 6.45) is 2.20. The van der Waals surface area contributed by atoms with Gasteiger partial charge in [0.05, 0.1) is 5.69 Å². The van der Waals surface area contributed by atoms with Crippen LogP contribution >= 0.6 is 15.9 Å². The van der Waals surface area contributed by atoms with Crippen LogP contribution < -0.4 is 10.6 Å². The topological polar surface area (TPSA) is 94.3 Å². The number of aryl methyl sites for hydroxylation is 1. The minimum Gasteiger partial charge on any atom is -0.361 e. The normalized spacial score (nSPS) is 16.3. The van der Waals surface area contributed by atoms with E-state index in [1.165, 1.54) is 0 Å². The largest absolute Gasteiger partial charge is 0.361 e. The van der Waals surface area contributed by atoms with Gasteiger partial charge in [0.15, 0.2) is 0 Å². The number of amides is 4. The van der Waals surface area contributed by atoms with E-state index in [1.54, 1.807) is 6.07 Å². The van der Waals surface area contributed by atoms with Gasteiger partial charge in [-0.25, -0.2) is 4.79 Å². The first-order valence-electron chi connectivity index (χ1n) is 9.15. The van der Waals surface area contributed by atoms with Crippen LogP contribution in [0.15, 0.2) is 53.1 Å². The lowest BCUT2D eigenvalue weighted by Crippen LogP contribution is -2.38. The SMILES string of the molecule is Cc1ccc(NC(=O)CN2C(=O)N[C@H](Cc3c[nH]c4ccccc34)C2=O)c(Br)c1. The fourth-order valence-electron chi connectivity index (χ4n) is 3.44. The molecule has 3 aromatic rings. The van der Waals surface area contributed by atoms with Gasteiger partial charge in [0, 0.05) is 28.0 Å². The van der Waals surface area contributed by atoms with E-state index >= 15 is 0 Å². The summed E-state index contributed by atoms with van der Waals surface area (Å²) >= 11 is 3.40. The number of carbonyl (C=O) groups is 3. The van der Waals surface area contributed by atoms with E-state index in [9.17, 15) is 14.4 Å². The molecule has 4 amide bonds. The van der Waals surface area contributed by atoms with E-state index in [0.717, 1.165) is 31.4 Å². The van der Waals surface area contributed by atoms with Gasteiger partial charge < -0.3 is 15.6 Å². The van der Waals surface area contributed by atoms with Crippen molar-refractivity contribution < 1.29 is 14.4 Å². The Morgan fingerprint density at radius 3 is 2.79 bits per heavy atom. The zero-order chi connectivity index (χ0) is 20.5. The first-order chi connectivity index (χ1) is 13.9. The Morgan fingerprint density at radius 1 is 1.21 bits per heavy atom. The third-order valence-electron chi connectivity index (χ3n) is 4.91. The number of hydrogen-bond acceptors (Lipinski definition) is 3. The Hall–Kier alpha value is -3.13. The molecule has 0 bridgehead atoms. The van der Waals surface area contributed by atoms with Crippen LogP contribution in [0.5, 0.6) is 0 Å². The van der Waals surface area contributed by atoms with Crippen LogP contribution in [0.3, 0.4) is 0 Å². The van der Waals surface area contributed by atoms with Crippen LogP contribution in [0.4, 0.5) is 10.5 Å². The predicted octanol–water partition coefficient (Wildman–Crippen LogP) is 3.34. The molecule has 0 spiro atoms. The summed E-state index contributed by atoms with van der Waals surface area (Å²) in [7, 11) is 0. The zero-order valence-corrected chi connectivity index (χ0v) is 17.2. The molecular formula is C21H19BrN4O3. The van der Waals surface area contributed by atoms with Crippen molar-refractivity contribution in [3.05, 3.63) is 64.3 Å². The van der Waals surface area contributed by atoms with Gasteiger partial charge in [-0.15, -0.1) is 0 Å². The average molecular weight is 455 g/mol. The third-order valence-corrected chi connectivity index (χ3v) is 5.56. The second-order valence-corrected chi connectivity index (χ2v) is 7.88. The first-order valence-corrected chi connectivity index (χ1v) is 9.94. The average Bonchev–Trinajstić information content (AvgIpc) is 3.21. The van der Waals surface area contributed by atoms with Gasteiger partial charge in [0.1, 0.15) is 12.6 Å². The number of H-pyrrole nitrogens is 1. The summed E-state index contributed by atoms with van der Waals surface area (Å²) in [4.78, 5) is 41.5. The lowest BCUT2D eigenvalue weighted by atomic mass is 10.1. The van der Waals surface area contributed by atoms with Crippen LogP contribution in [0.25, 0.3) is 10.9 Å². The number of benzene rings is 2. The number of halogens is 1. The Bertz CT molecular complexity index is 1120. The number of urea groups is 1. The summed E-state index contributed by atoms with van der Waals surface area (Å²) < 4.78 is 0.736. The van der Waals surface area contributed by atoms with E-state index in [1.807, 2.05) is 49.5 Å². The van der Waals surface area contributed by atoms with E-state index in [0.29, 0.717) is 12.1 Å². The van der Waals surface area contributed by atoms with Gasteiger partial charge in [-0.05, 0) is 52.2 Å². The van der Waals surface area contributed by atoms with E-state index in [2.05, 4.69) is 31.5 Å². The Morgan fingerprint density at radius 2 is 2.00 bits per heavy atom. The van der Waals surface area contributed by atoms with Gasteiger partial charge in [-0.1, -0.05) is 24.3 Å². The highest BCUT2D eigenvalue weighted by Crippen LogP contribution is 2.24. The molecule has 1 aliphatic heterocycles. The molecule has 1 atom stereocenters. The van der Waals surface area contributed by atoms with Crippen molar-refractivity contribution >= 4 is 50.4 Å². The second-order valence-electron chi connectivity index (χ2n) is 7.02. The highest BCUT2D eigenvalue weighted by atomic mass is 79.9. The highest BCUT2D eigenvalue weighted by Gasteiger charge is 2.39. The molecule has 3 N–H and O–H groups in total. The molecule has 1 aromatic heterocycles. The number of fused-ring (bicyclic) bond motifs is 1. The van der Waals surface area contributed by atoms with E-state index in [4.69, 9.17) is 0 Å². The summed E-state index contributed by atoms with van der Waals surface area (Å²) in [6, 6.07) is 12.0. The molecule has 2 aromatic carbocycles. The molecule has 8 heteroatoms. The van der Waals surface area contributed by atoms with E-state index < -0.39 is 23.9 Å². The lowest BCUT2D eigenvalue weighted by Gasteiger charge is -2.14. The Balaban J connectivity index is 1.43. The number of anilines is 1. The minimum absolute atomic E-state index is 0.338. The van der Waals surface area contributed by atoms with Gasteiger partial charge in [0.25, 0.3) is 5.91 Å². The van der Waals surface area contributed by atoms with Crippen molar-refractivity contribution in [1.82, 2.24) is 15.2 Å². The molecular weight excluding hydrogens is 436 g/mol. The van der Waals surface area contributed by atoms with Crippen molar-refractivity contribution in [3.63, 3.8) is 0 Å². The van der Waals surface area contributed by atoms with Crippen LogP contribution in [-0.2, 0) is 16.0 Å². The van der Waals surface area contributed by atoms with Crippen LogP contribution in [0, 0.1) is 6.92 Å². The molecule has 0 saturated carbocycles. The third kappa shape index (κ3) is 3.88. The molecule has 1 aliphatic rings. The molecule has 0 aliphatic carbocycles. The van der Waals surface area contributed by atoms with Crippen LogP contribution in [0.1, 0.15) is 11.1 Å². The number of hydrogen-bond donors (Lipinski definition) is 3. The number of para-hydroxylation sites is 1. The van der Waals surface area contributed by atoms with Crippen molar-refractivity contribution in [2.45, 2.75) is 19.4 Å². The highest BCUT2D eigenvalue weighted by molar-refractivity contribution is 9.10. The summed E-state index contributed by atoms with van der Waals surface area (Å²) in [5.41, 5.74) is 3.54. The van der Waals surface area contributed by atoms with Gasteiger partial charge in [-0.2, -0.15) is 0 Å². The monoisotopic (exact) mass is 454 g/mol. The first kappa shape index (κ1) is 19.2. The Labute approximate surface area is 175 Å². The van der Waals surface area contributed by atoms with Gasteiger partial charge in [-0.3, -0.25) is 14.5 Å². The lowest BCUT2D eigenvalue weighted by molar-refractivity contribution is -0.130. The molecule has 2 heterocycles. The number of nitrogens with one attached hydrogen (secondary N) is 3. The fourth-order valence-corrected chi connectivity index (χ4v) is 4.03. The number of imide groups is 1. The maximum Gasteiger partial charge on any atom is 0.325 e. The molecule has 1 saturated heterocycles. The van der Waals surface area contributed by atoms with Crippen molar-refractivity contribution in [3.8, 4) is 0 Å². The maximum atomic E-state index is 12.7. The van der Waals surface area contributed by atoms with Crippen LogP contribution in [-0.4, -0.2) is 40.3 Å². The van der Waals surface area contributed by atoms with Gasteiger partial charge in [0.2, 0.25) is 5.91 Å². The fraction of sp³-hybridized carbons (Fsp3) is 0.190. The molecule has 0 radical (unpaired) electrons. The number of aromatic amines is 1. The smallest absolute Gasteiger partial charge is 0.325 e. The quantitative estimate of drug-likeness (QED) is 0.516. The summed E-state index contributed by atoms with van der Waals surface area (Å²) in [5, 5.41) is 6.41. The van der Waals surface area contributed by atoms with Crippen molar-refractivity contribution in [1.29, 1.82) is 0 Å². The molecule has 7 nitrogen and oxygen atoms in total. The number of rotatable bonds is 5. The standard InChI is InChI=1S/C21H19BrN4O3/c1-12-6-7-17(15(22)8-12)24-19(27)11-26-20(28)18(25-21(26)29)9-13-10-23-16-5-3-2-4-14(13)16/h2-8,10,18,23H,9,11H2,1H3,(H,24,27)(H,25,29)/t18-/m1/s1. The molecule has 4 rings (SSSR count). The van der Waals surface area contributed by atoms with E-state index in [-0.39, 0.29) is 6.54 Å². The summed E-state index contributed by atoms with van der Waals surface area (Å²) in [6.45, 7) is 1.60. The molecule has 148 valence electrons. The molecule has 1 fully saturated rings. The Kier molecular flexibility index (Phi) is 5.10. The second kappa shape index (κ2) is 7.71. The maximum absolute atomic E-state index is 12.7. The number of carbonyl (C=O) groups excluding carboxylic acids is 3. The molecule has 29 heavy (non-hydrogen) atoms. The number of nitrogens with zero attached hydrogens (tertiary/aromatic N) is 1. The zero-order valence-electron chi connectivity index (χ0n) is 15.7. The predicted molar refractivity (Wildman–Crippen MR) is 114 cm³/mol. The van der Waals surface area contributed by atoms with Crippen LogP contribution in [0.2, 0.25) is 0 Å². The number of aromatic nitrogens is 1.